The van der Waals surface area contributed by atoms with E-state index in [-0.39, 0.29) is 16.3 Å². The second-order valence-corrected chi connectivity index (χ2v) is 5.53. The first-order chi connectivity index (χ1) is 8.99. The number of hydrogen-bond donors (Lipinski definition) is 0. The molecule has 2 aromatic rings. The van der Waals surface area contributed by atoms with Gasteiger partial charge in [0.1, 0.15) is 17.5 Å². The zero-order valence-electron chi connectivity index (χ0n) is 9.64. The van der Waals surface area contributed by atoms with Gasteiger partial charge in [0, 0.05) is 10.9 Å². The molecule has 0 fully saturated rings. The standard InChI is InChI=1S/C14H9BrClF3/c15-11(10-2-1-3-12(18)14(10)16)6-8-4-5-9(17)7-13(8)19/h1-5,7,11H,6H2. The van der Waals surface area contributed by atoms with Crippen molar-refractivity contribution in [3.8, 4) is 0 Å². The lowest BCUT2D eigenvalue weighted by Gasteiger charge is -2.13. The van der Waals surface area contributed by atoms with E-state index in [9.17, 15) is 13.2 Å². The molecule has 0 aliphatic rings. The van der Waals surface area contributed by atoms with Crippen molar-refractivity contribution in [1.82, 2.24) is 0 Å². The summed E-state index contributed by atoms with van der Waals surface area (Å²) in [5.41, 5.74) is 0.869. The Bertz CT molecular complexity index is 601. The molecule has 0 amide bonds. The average Bonchev–Trinajstić information content (AvgIpc) is 2.36. The van der Waals surface area contributed by atoms with Crippen molar-refractivity contribution < 1.29 is 13.2 Å². The van der Waals surface area contributed by atoms with E-state index in [1.165, 1.54) is 24.3 Å². The first-order valence-electron chi connectivity index (χ1n) is 5.51. The Morgan fingerprint density at radius 2 is 1.79 bits per heavy atom. The fraction of sp³-hybridized carbons (Fsp3) is 0.143. The van der Waals surface area contributed by atoms with Crippen molar-refractivity contribution in [1.29, 1.82) is 0 Å². The van der Waals surface area contributed by atoms with Crippen molar-refractivity contribution in [2.24, 2.45) is 0 Å². The summed E-state index contributed by atoms with van der Waals surface area (Å²) in [6, 6.07) is 7.82. The third-order valence-electron chi connectivity index (χ3n) is 2.73. The van der Waals surface area contributed by atoms with Crippen molar-refractivity contribution in [2.75, 3.05) is 0 Å². The third kappa shape index (κ3) is 3.31. The second-order valence-electron chi connectivity index (χ2n) is 4.05. The molecule has 2 rings (SSSR count). The molecule has 2 aromatic carbocycles. The summed E-state index contributed by atoms with van der Waals surface area (Å²) in [7, 11) is 0. The molecule has 0 aromatic heterocycles. The smallest absolute Gasteiger partial charge is 0.142 e. The molecule has 0 aliphatic carbocycles. The lowest BCUT2D eigenvalue weighted by molar-refractivity contribution is 0.571. The number of benzene rings is 2. The summed E-state index contributed by atoms with van der Waals surface area (Å²) in [5.74, 6) is -1.78. The van der Waals surface area contributed by atoms with Crippen molar-refractivity contribution in [3.05, 3.63) is 70.0 Å². The van der Waals surface area contributed by atoms with Crippen LogP contribution in [0.5, 0.6) is 0 Å². The molecule has 0 saturated heterocycles. The highest BCUT2D eigenvalue weighted by molar-refractivity contribution is 9.09. The van der Waals surface area contributed by atoms with Gasteiger partial charge >= 0.3 is 0 Å². The van der Waals surface area contributed by atoms with Gasteiger partial charge in [-0.15, -0.1) is 0 Å². The van der Waals surface area contributed by atoms with Crippen LogP contribution >= 0.6 is 27.5 Å². The minimum atomic E-state index is -0.629. The first kappa shape index (κ1) is 14.4. The average molecular weight is 350 g/mol. The highest BCUT2D eigenvalue weighted by atomic mass is 79.9. The monoisotopic (exact) mass is 348 g/mol. The van der Waals surface area contributed by atoms with Crippen molar-refractivity contribution in [2.45, 2.75) is 11.2 Å². The minimum absolute atomic E-state index is 0.00638. The molecule has 100 valence electrons. The highest BCUT2D eigenvalue weighted by Crippen LogP contribution is 2.34. The van der Waals surface area contributed by atoms with Crippen LogP contribution in [0.1, 0.15) is 16.0 Å². The number of halogens is 5. The number of rotatable bonds is 3. The van der Waals surface area contributed by atoms with Gasteiger partial charge in [-0.25, -0.2) is 13.2 Å². The van der Waals surface area contributed by atoms with Gasteiger partial charge in [-0.1, -0.05) is 45.7 Å². The van der Waals surface area contributed by atoms with E-state index in [1.54, 1.807) is 6.07 Å². The highest BCUT2D eigenvalue weighted by Gasteiger charge is 2.16. The van der Waals surface area contributed by atoms with Gasteiger partial charge in [0.15, 0.2) is 0 Å². The van der Waals surface area contributed by atoms with Crippen LogP contribution in [0, 0.1) is 17.5 Å². The Labute approximate surface area is 122 Å². The van der Waals surface area contributed by atoms with E-state index in [1.807, 2.05) is 0 Å². The second kappa shape index (κ2) is 5.97. The van der Waals surface area contributed by atoms with Gasteiger partial charge in [0.25, 0.3) is 0 Å². The van der Waals surface area contributed by atoms with E-state index in [0.717, 1.165) is 6.07 Å². The molecule has 1 atom stereocenters. The van der Waals surface area contributed by atoms with Gasteiger partial charge in [-0.2, -0.15) is 0 Å². The van der Waals surface area contributed by atoms with Crippen LogP contribution in [0.4, 0.5) is 13.2 Å². The van der Waals surface area contributed by atoms with Gasteiger partial charge in [0.2, 0.25) is 0 Å². The SMILES string of the molecule is Fc1ccc(CC(Br)c2cccc(F)c2Cl)c(F)c1. The van der Waals surface area contributed by atoms with Crippen molar-refractivity contribution >= 4 is 27.5 Å². The molecule has 0 bridgehead atoms. The van der Waals surface area contributed by atoms with Gasteiger partial charge < -0.3 is 0 Å². The van der Waals surface area contributed by atoms with E-state index in [4.69, 9.17) is 11.6 Å². The lowest BCUT2D eigenvalue weighted by atomic mass is 10.0. The van der Waals surface area contributed by atoms with Crippen LogP contribution < -0.4 is 0 Å². The van der Waals surface area contributed by atoms with E-state index in [2.05, 4.69) is 15.9 Å². The summed E-state index contributed by atoms with van der Waals surface area (Å²) in [4.78, 5) is -0.351. The number of alkyl halides is 1. The molecule has 0 heterocycles. The van der Waals surface area contributed by atoms with Crippen LogP contribution in [0.2, 0.25) is 5.02 Å². The largest absolute Gasteiger partial charge is 0.207 e. The van der Waals surface area contributed by atoms with Crippen molar-refractivity contribution in [3.63, 3.8) is 0 Å². The maximum atomic E-state index is 13.5. The molecular weight excluding hydrogens is 341 g/mol. The molecule has 0 spiro atoms. The quantitative estimate of drug-likeness (QED) is 0.648. The minimum Gasteiger partial charge on any atom is -0.207 e. The van der Waals surface area contributed by atoms with Crippen LogP contribution in [-0.4, -0.2) is 0 Å². The summed E-state index contributed by atoms with van der Waals surface area (Å²) < 4.78 is 39.7. The Balaban J connectivity index is 2.25. The van der Waals surface area contributed by atoms with Gasteiger partial charge in [0.05, 0.1) is 5.02 Å². The molecule has 19 heavy (non-hydrogen) atoms. The third-order valence-corrected chi connectivity index (χ3v) is 3.95. The van der Waals surface area contributed by atoms with E-state index in [0.29, 0.717) is 11.1 Å². The molecule has 5 heteroatoms. The van der Waals surface area contributed by atoms with E-state index < -0.39 is 17.5 Å². The Hall–Kier alpha value is -1.00. The van der Waals surface area contributed by atoms with E-state index >= 15 is 0 Å². The summed E-state index contributed by atoms with van der Waals surface area (Å²) in [6.07, 6.45) is 0.245. The fourth-order valence-electron chi connectivity index (χ4n) is 1.75. The molecule has 0 aliphatic heterocycles. The molecule has 0 saturated carbocycles. The van der Waals surface area contributed by atoms with Crippen LogP contribution in [-0.2, 0) is 6.42 Å². The Kier molecular flexibility index (Phi) is 4.53. The van der Waals surface area contributed by atoms with Crippen LogP contribution in [0.15, 0.2) is 36.4 Å². The van der Waals surface area contributed by atoms with Gasteiger partial charge in [-0.05, 0) is 29.7 Å². The lowest BCUT2D eigenvalue weighted by Crippen LogP contribution is -2.00. The first-order valence-corrected chi connectivity index (χ1v) is 6.80. The molecular formula is C14H9BrClF3. The van der Waals surface area contributed by atoms with Crippen LogP contribution in [0.3, 0.4) is 0 Å². The van der Waals surface area contributed by atoms with Crippen LogP contribution in [0.25, 0.3) is 0 Å². The molecule has 0 N–H and O–H groups in total. The summed E-state index contributed by atoms with van der Waals surface area (Å²) in [6.45, 7) is 0. The molecule has 0 nitrogen and oxygen atoms in total. The Morgan fingerprint density at radius 3 is 2.47 bits per heavy atom. The predicted octanol–water partition coefficient (Wildman–Crippen LogP) is 5.44. The topological polar surface area (TPSA) is 0 Å². The normalized spacial score (nSPS) is 12.5. The summed E-state index contributed by atoms with van der Waals surface area (Å²) in [5, 5.41) is 0.00638. The Morgan fingerprint density at radius 1 is 1.05 bits per heavy atom. The summed E-state index contributed by atoms with van der Waals surface area (Å²) >= 11 is 9.21. The zero-order chi connectivity index (χ0) is 14.0. The fourth-order valence-corrected chi connectivity index (χ4v) is 2.87. The molecule has 0 radical (unpaired) electrons. The maximum Gasteiger partial charge on any atom is 0.142 e. The predicted molar refractivity (Wildman–Crippen MR) is 73.1 cm³/mol. The number of hydrogen-bond acceptors (Lipinski definition) is 0. The van der Waals surface area contributed by atoms with Gasteiger partial charge in [-0.3, -0.25) is 0 Å². The molecule has 1 unspecified atom stereocenters. The zero-order valence-corrected chi connectivity index (χ0v) is 12.0. The maximum absolute atomic E-state index is 13.5.